The van der Waals surface area contributed by atoms with Crippen LogP contribution in [0.1, 0.15) is 58.5 Å². The fourth-order valence-corrected chi connectivity index (χ4v) is 5.01. The van der Waals surface area contributed by atoms with Crippen molar-refractivity contribution < 1.29 is 41.8 Å². The Hall–Kier alpha value is -4.49. The van der Waals surface area contributed by atoms with Crippen LogP contribution in [0.3, 0.4) is 0 Å². The van der Waals surface area contributed by atoms with Gasteiger partial charge in [-0.1, -0.05) is 13.8 Å². The highest BCUT2D eigenvalue weighted by atomic mass is 19.1. The van der Waals surface area contributed by atoms with Crippen molar-refractivity contribution in [2.45, 2.75) is 52.2 Å². The smallest absolute Gasteiger partial charge is 0.407 e. The minimum Gasteiger partial charge on any atom is -0.407 e. The van der Waals surface area contributed by atoms with Gasteiger partial charge in [0.15, 0.2) is 11.6 Å². The second kappa shape index (κ2) is 17.4. The van der Waals surface area contributed by atoms with Gasteiger partial charge in [-0.25, -0.2) is 22.4 Å². The molecule has 0 aromatic heterocycles. The third-order valence-electron chi connectivity index (χ3n) is 7.18. The minimum atomic E-state index is -1.37. The Morgan fingerprint density at radius 3 is 2.00 bits per heavy atom. The number of amides is 3. The highest BCUT2D eigenvalue weighted by Gasteiger charge is 2.25. The molecule has 3 amide bonds. The van der Waals surface area contributed by atoms with Gasteiger partial charge in [0, 0.05) is 62.0 Å². The molecule has 0 aliphatic carbocycles. The molecule has 0 heterocycles. The van der Waals surface area contributed by atoms with Crippen molar-refractivity contribution in [1.82, 2.24) is 15.1 Å². The molecule has 0 spiro atoms. The van der Waals surface area contributed by atoms with E-state index in [0.717, 1.165) is 37.1 Å². The van der Waals surface area contributed by atoms with Gasteiger partial charge in [0.2, 0.25) is 0 Å². The molecule has 0 aliphatic heterocycles. The summed E-state index contributed by atoms with van der Waals surface area (Å²) in [7, 11) is 0. The molecule has 3 aromatic rings. The van der Waals surface area contributed by atoms with E-state index < -0.39 is 53.2 Å². The topological polar surface area (TPSA) is 125 Å². The minimum absolute atomic E-state index is 0.112. The van der Waals surface area contributed by atoms with Crippen LogP contribution in [0.5, 0.6) is 5.75 Å². The van der Waals surface area contributed by atoms with Gasteiger partial charge < -0.3 is 30.7 Å². The molecule has 4 N–H and O–H groups in total. The molecule has 2 atom stereocenters. The van der Waals surface area contributed by atoms with Gasteiger partial charge in [0.05, 0.1) is 6.10 Å². The highest BCUT2D eigenvalue weighted by molar-refractivity contribution is 6.00. The molecule has 0 bridgehead atoms. The fraction of sp³-hybridized carbons (Fsp3) is 0.382. The summed E-state index contributed by atoms with van der Waals surface area (Å²) in [5.74, 6) is -4.90. The first-order chi connectivity index (χ1) is 22.3. The lowest BCUT2D eigenvalue weighted by molar-refractivity contribution is 0.0575. The molecular weight excluding hydrogens is 620 g/mol. The van der Waals surface area contributed by atoms with E-state index in [1.807, 2.05) is 13.8 Å². The number of hydrogen-bond acceptors (Lipinski definition) is 6. The summed E-state index contributed by atoms with van der Waals surface area (Å²) < 4.78 is 59.4. The number of halogens is 4. The van der Waals surface area contributed by atoms with Gasteiger partial charge in [-0.15, -0.1) is 0 Å². The Balaban J connectivity index is 1.81. The Labute approximate surface area is 271 Å². The molecule has 3 rings (SSSR count). The van der Waals surface area contributed by atoms with Crippen molar-refractivity contribution >= 4 is 17.9 Å². The Morgan fingerprint density at radius 1 is 0.830 bits per heavy atom. The van der Waals surface area contributed by atoms with Gasteiger partial charge >= 0.3 is 6.09 Å². The van der Waals surface area contributed by atoms with Gasteiger partial charge in [0.1, 0.15) is 17.5 Å². The molecule has 0 saturated carbocycles. The first kappa shape index (κ1) is 37.0. The van der Waals surface area contributed by atoms with Gasteiger partial charge in [0.25, 0.3) is 11.8 Å². The number of rotatable bonds is 15. The second-order valence-corrected chi connectivity index (χ2v) is 11.2. The number of aliphatic hydroxyl groups excluding tert-OH is 1. The van der Waals surface area contributed by atoms with Crippen molar-refractivity contribution in [3.05, 3.63) is 100 Å². The van der Waals surface area contributed by atoms with Crippen molar-refractivity contribution in [1.29, 1.82) is 0 Å². The number of nitrogens with zero attached hydrogens (tertiary/aromatic N) is 2. The molecule has 254 valence electrons. The normalized spacial score (nSPS) is 12.3. The first-order valence-corrected chi connectivity index (χ1v) is 15.3. The first-order valence-electron chi connectivity index (χ1n) is 15.3. The van der Waals surface area contributed by atoms with Crippen molar-refractivity contribution in [3.8, 4) is 5.75 Å². The molecule has 47 heavy (non-hydrogen) atoms. The van der Waals surface area contributed by atoms with Crippen molar-refractivity contribution in [2.75, 3.05) is 32.7 Å². The number of aryl methyl sites for hydroxylation is 1. The van der Waals surface area contributed by atoms with Crippen LogP contribution in [-0.4, -0.2) is 77.7 Å². The van der Waals surface area contributed by atoms with Crippen LogP contribution in [0.4, 0.5) is 22.4 Å². The molecule has 0 saturated heterocycles. The number of aliphatic hydroxyl groups is 1. The monoisotopic (exact) mass is 660 g/mol. The summed E-state index contributed by atoms with van der Waals surface area (Å²) in [6, 6.07) is 8.97. The van der Waals surface area contributed by atoms with Crippen LogP contribution in [0, 0.1) is 30.2 Å². The maximum atomic E-state index is 13.9. The highest BCUT2D eigenvalue weighted by Crippen LogP contribution is 2.19. The zero-order valence-electron chi connectivity index (χ0n) is 26.6. The summed E-state index contributed by atoms with van der Waals surface area (Å²) in [5.41, 5.74) is 7.46. The average molecular weight is 661 g/mol. The number of hydrogen-bond donors (Lipinski definition) is 3. The third-order valence-corrected chi connectivity index (χ3v) is 7.18. The number of benzene rings is 3. The summed E-state index contributed by atoms with van der Waals surface area (Å²) in [6.07, 6.45) is -1.06. The van der Waals surface area contributed by atoms with E-state index in [2.05, 4.69) is 5.32 Å². The Kier molecular flexibility index (Phi) is 13.7. The Bertz CT molecular complexity index is 1530. The second-order valence-electron chi connectivity index (χ2n) is 11.2. The Morgan fingerprint density at radius 2 is 1.43 bits per heavy atom. The fourth-order valence-electron chi connectivity index (χ4n) is 5.01. The predicted octanol–water partition coefficient (Wildman–Crippen LogP) is 4.98. The predicted molar refractivity (Wildman–Crippen MR) is 168 cm³/mol. The van der Waals surface area contributed by atoms with E-state index in [1.54, 1.807) is 24.0 Å². The maximum Gasteiger partial charge on any atom is 0.412 e. The summed E-state index contributed by atoms with van der Waals surface area (Å²) in [4.78, 5) is 42.4. The molecule has 13 heteroatoms. The van der Waals surface area contributed by atoms with Crippen LogP contribution >= 0.6 is 0 Å². The zero-order chi connectivity index (χ0) is 34.7. The molecule has 0 radical (unpaired) electrons. The van der Waals surface area contributed by atoms with Gasteiger partial charge in [-0.05, 0) is 79.8 Å². The molecule has 0 unspecified atom stereocenters. The van der Waals surface area contributed by atoms with Crippen LogP contribution < -0.4 is 15.8 Å². The van der Waals surface area contributed by atoms with Gasteiger partial charge in [-0.2, -0.15) is 0 Å². The van der Waals surface area contributed by atoms with Crippen LogP contribution in [0.2, 0.25) is 0 Å². The number of carbonyl (C=O) groups is 3. The van der Waals surface area contributed by atoms with E-state index in [1.165, 1.54) is 11.0 Å². The van der Waals surface area contributed by atoms with E-state index in [9.17, 15) is 37.1 Å². The average Bonchev–Trinajstić information content (AvgIpc) is 3.00. The largest absolute Gasteiger partial charge is 0.412 e. The molecular formula is C34H40F4N4O5. The number of nitrogens with two attached hydrogens (primary N) is 1. The van der Waals surface area contributed by atoms with E-state index in [4.69, 9.17) is 10.5 Å². The summed E-state index contributed by atoms with van der Waals surface area (Å²) >= 11 is 0. The van der Waals surface area contributed by atoms with Crippen LogP contribution in [0.25, 0.3) is 0 Å². The molecule has 3 aromatic carbocycles. The number of nitrogens with one attached hydrogen (secondary N) is 1. The van der Waals surface area contributed by atoms with E-state index in [-0.39, 0.29) is 43.1 Å². The standard InChI is InChI=1S/C34H40F4N4O5/c1-4-9-41(10-5-2)32(44)23-12-21(3)13-24(17-23)33(45)42(11-8-40-34(46)47-31-7-6-25(35)19-28(31)38)20-30(43)29(39)16-22-14-26(36)18-27(37)15-22/h6-7,12-15,17-19,29-30,43H,4-5,8-11,16,20,39H2,1-3H3,(H,40,46)/t29-,30+/m0/s1. The van der Waals surface area contributed by atoms with Crippen molar-refractivity contribution in [3.63, 3.8) is 0 Å². The zero-order valence-corrected chi connectivity index (χ0v) is 26.6. The lowest BCUT2D eigenvalue weighted by Gasteiger charge is -2.29. The SMILES string of the molecule is CCCN(CCC)C(=O)c1cc(C)cc(C(=O)N(CCNC(=O)Oc2ccc(F)cc2F)C[C@@H](O)[C@@H](N)Cc2cc(F)cc(F)c2)c1. The number of ether oxygens (including phenoxy) is 1. The van der Waals surface area contributed by atoms with Crippen LogP contribution in [-0.2, 0) is 6.42 Å². The summed E-state index contributed by atoms with van der Waals surface area (Å²) in [6.45, 7) is 5.97. The molecule has 0 fully saturated rings. The van der Waals surface area contributed by atoms with Crippen LogP contribution in [0.15, 0.2) is 54.6 Å². The van der Waals surface area contributed by atoms with E-state index in [0.29, 0.717) is 36.3 Å². The lowest BCUT2D eigenvalue weighted by atomic mass is 10.0. The lowest BCUT2D eigenvalue weighted by Crippen LogP contribution is -2.48. The maximum absolute atomic E-state index is 13.9. The quantitative estimate of drug-likeness (QED) is 0.198. The molecule has 0 aliphatic rings. The third kappa shape index (κ3) is 11.1. The van der Waals surface area contributed by atoms with Gasteiger partial charge in [-0.3, -0.25) is 9.59 Å². The summed E-state index contributed by atoms with van der Waals surface area (Å²) in [5, 5.41) is 13.4. The van der Waals surface area contributed by atoms with Crippen molar-refractivity contribution in [2.24, 2.45) is 5.73 Å². The number of carbonyl (C=O) groups excluding carboxylic acids is 3. The van der Waals surface area contributed by atoms with E-state index >= 15 is 0 Å². The molecule has 9 nitrogen and oxygen atoms in total.